The highest BCUT2D eigenvalue weighted by molar-refractivity contribution is 6.34. The first-order valence-electron chi connectivity index (χ1n) is 8.87. The molecule has 0 radical (unpaired) electrons. The number of nitrogens with one attached hydrogen (secondary N) is 1. The topological polar surface area (TPSA) is 67.9 Å². The van der Waals surface area contributed by atoms with Gasteiger partial charge in [0.15, 0.2) is 0 Å². The second-order valence-electron chi connectivity index (χ2n) is 6.17. The van der Waals surface area contributed by atoms with Crippen molar-refractivity contribution in [2.75, 3.05) is 43.6 Å². The van der Waals surface area contributed by atoms with Crippen molar-refractivity contribution in [3.8, 4) is 0 Å². The monoisotopic (exact) mass is 400 g/mol. The third-order valence-corrected chi connectivity index (χ3v) is 4.64. The number of morpholine rings is 1. The lowest BCUT2D eigenvalue weighted by Gasteiger charge is -2.31. The molecule has 146 valence electrons. The largest absolute Gasteiger partial charge is 0.465 e. The molecular weight excluding hydrogens is 380 g/mol. The molecule has 6 nitrogen and oxygen atoms in total. The molecule has 0 unspecified atom stereocenters. The SMILES string of the molecule is COC(=O)c1ccc(/C=C/C(=O)Nc2cccc(Cl)c2N2CCOCC2)cc1. The minimum absolute atomic E-state index is 0.270. The van der Waals surface area contributed by atoms with Gasteiger partial charge in [-0.2, -0.15) is 0 Å². The summed E-state index contributed by atoms with van der Waals surface area (Å²) in [6.07, 6.45) is 3.12. The third kappa shape index (κ3) is 4.91. The van der Waals surface area contributed by atoms with Gasteiger partial charge in [0.1, 0.15) is 0 Å². The maximum Gasteiger partial charge on any atom is 0.337 e. The smallest absolute Gasteiger partial charge is 0.337 e. The summed E-state index contributed by atoms with van der Waals surface area (Å²) >= 11 is 6.38. The molecule has 0 spiro atoms. The molecule has 1 saturated heterocycles. The Balaban J connectivity index is 1.70. The summed E-state index contributed by atoms with van der Waals surface area (Å²) < 4.78 is 10.1. The summed E-state index contributed by atoms with van der Waals surface area (Å²) in [5.41, 5.74) is 2.71. The molecule has 1 aliphatic rings. The van der Waals surface area contributed by atoms with Gasteiger partial charge in [0.2, 0.25) is 5.91 Å². The number of carbonyl (C=O) groups excluding carboxylic acids is 2. The first kappa shape index (κ1) is 19.9. The van der Waals surface area contributed by atoms with Crippen molar-refractivity contribution in [2.24, 2.45) is 0 Å². The molecule has 0 bridgehead atoms. The van der Waals surface area contributed by atoms with Crippen LogP contribution in [0.3, 0.4) is 0 Å². The Morgan fingerprint density at radius 3 is 2.54 bits per heavy atom. The average molecular weight is 401 g/mol. The van der Waals surface area contributed by atoms with E-state index in [4.69, 9.17) is 16.3 Å². The molecule has 0 aliphatic carbocycles. The fourth-order valence-corrected chi connectivity index (χ4v) is 3.21. The number of hydrogen-bond donors (Lipinski definition) is 1. The molecule has 0 aromatic heterocycles. The van der Waals surface area contributed by atoms with Crippen molar-refractivity contribution in [3.63, 3.8) is 0 Å². The molecule has 0 atom stereocenters. The van der Waals surface area contributed by atoms with Gasteiger partial charge in [-0.25, -0.2) is 4.79 Å². The van der Waals surface area contributed by atoms with Gasteiger partial charge in [0.05, 0.1) is 42.3 Å². The van der Waals surface area contributed by atoms with E-state index in [1.165, 1.54) is 13.2 Å². The Morgan fingerprint density at radius 1 is 1.14 bits per heavy atom. The van der Waals surface area contributed by atoms with Gasteiger partial charge < -0.3 is 19.7 Å². The summed E-state index contributed by atoms with van der Waals surface area (Å²) in [6.45, 7) is 2.68. The highest BCUT2D eigenvalue weighted by Crippen LogP contribution is 2.34. The lowest BCUT2D eigenvalue weighted by atomic mass is 10.1. The number of carbonyl (C=O) groups is 2. The Morgan fingerprint density at radius 2 is 1.86 bits per heavy atom. The zero-order valence-electron chi connectivity index (χ0n) is 15.5. The summed E-state index contributed by atoms with van der Waals surface area (Å²) in [7, 11) is 1.33. The summed E-state index contributed by atoms with van der Waals surface area (Å²) in [4.78, 5) is 26.0. The van der Waals surface area contributed by atoms with Crippen LogP contribution in [0.15, 0.2) is 48.5 Å². The van der Waals surface area contributed by atoms with Crippen molar-refractivity contribution in [1.29, 1.82) is 0 Å². The van der Waals surface area contributed by atoms with Crippen LogP contribution in [0, 0.1) is 0 Å². The van der Waals surface area contributed by atoms with Gasteiger partial charge in [-0.3, -0.25) is 4.79 Å². The molecule has 7 heteroatoms. The predicted octanol–water partition coefficient (Wildman–Crippen LogP) is 3.62. The standard InChI is InChI=1S/C21H21ClN2O4/c1-27-21(26)16-8-5-15(6-9-16)7-10-19(25)23-18-4-2-3-17(22)20(18)24-11-13-28-14-12-24/h2-10H,11-14H2,1H3,(H,23,25)/b10-7+. The molecule has 1 heterocycles. The zero-order valence-corrected chi connectivity index (χ0v) is 16.2. The number of para-hydroxylation sites is 1. The van der Waals surface area contributed by atoms with Gasteiger partial charge in [0, 0.05) is 19.2 Å². The molecule has 1 amide bonds. The molecule has 1 fully saturated rings. The van der Waals surface area contributed by atoms with Gasteiger partial charge in [-0.1, -0.05) is 29.8 Å². The number of esters is 1. The molecule has 1 N–H and O–H groups in total. The Bertz CT molecular complexity index is 874. The number of anilines is 2. The molecule has 0 saturated carbocycles. The number of rotatable bonds is 5. The maximum absolute atomic E-state index is 12.4. The number of methoxy groups -OCH3 is 1. The van der Waals surface area contributed by atoms with Gasteiger partial charge >= 0.3 is 5.97 Å². The third-order valence-electron chi connectivity index (χ3n) is 4.33. The normalized spacial score (nSPS) is 14.1. The Hall–Kier alpha value is -2.83. The van der Waals surface area contributed by atoms with Crippen molar-refractivity contribution in [2.45, 2.75) is 0 Å². The first-order valence-corrected chi connectivity index (χ1v) is 9.25. The van der Waals surface area contributed by atoms with Crippen LogP contribution in [0.4, 0.5) is 11.4 Å². The van der Waals surface area contributed by atoms with E-state index in [9.17, 15) is 9.59 Å². The van der Waals surface area contributed by atoms with Gasteiger partial charge in [0.25, 0.3) is 0 Å². The number of amides is 1. The number of nitrogens with zero attached hydrogens (tertiary/aromatic N) is 1. The lowest BCUT2D eigenvalue weighted by molar-refractivity contribution is -0.111. The predicted molar refractivity (Wildman–Crippen MR) is 110 cm³/mol. The highest BCUT2D eigenvalue weighted by Gasteiger charge is 2.18. The lowest BCUT2D eigenvalue weighted by Crippen LogP contribution is -2.37. The van der Waals surface area contributed by atoms with Crippen LogP contribution in [0.25, 0.3) is 6.08 Å². The fourth-order valence-electron chi connectivity index (χ4n) is 2.92. The molecule has 1 aliphatic heterocycles. The quantitative estimate of drug-likeness (QED) is 0.613. The van der Waals surface area contributed by atoms with E-state index in [2.05, 4.69) is 15.0 Å². The number of benzene rings is 2. The second-order valence-corrected chi connectivity index (χ2v) is 6.58. The number of halogens is 1. The van der Waals surface area contributed by atoms with Crippen LogP contribution in [0.5, 0.6) is 0 Å². The molecular formula is C21H21ClN2O4. The van der Waals surface area contributed by atoms with Crippen LogP contribution in [-0.4, -0.2) is 45.3 Å². The minimum Gasteiger partial charge on any atom is -0.465 e. The maximum atomic E-state index is 12.4. The molecule has 3 rings (SSSR count). The van der Waals surface area contributed by atoms with Crippen LogP contribution in [-0.2, 0) is 14.3 Å². The van der Waals surface area contributed by atoms with E-state index in [1.807, 2.05) is 6.07 Å². The number of hydrogen-bond acceptors (Lipinski definition) is 5. The fraction of sp³-hybridized carbons (Fsp3) is 0.238. The first-order chi connectivity index (χ1) is 13.6. The Labute approximate surface area is 168 Å². The van der Waals surface area contributed by atoms with E-state index < -0.39 is 5.97 Å². The zero-order chi connectivity index (χ0) is 19.9. The average Bonchev–Trinajstić information content (AvgIpc) is 2.73. The molecule has 2 aromatic rings. The van der Waals surface area contributed by atoms with Crippen LogP contribution < -0.4 is 10.2 Å². The Kier molecular flexibility index (Phi) is 6.68. The van der Waals surface area contributed by atoms with Gasteiger partial charge in [-0.15, -0.1) is 0 Å². The number of ether oxygens (including phenoxy) is 2. The summed E-state index contributed by atoms with van der Waals surface area (Å²) in [5, 5.41) is 3.48. The van der Waals surface area contributed by atoms with E-state index in [-0.39, 0.29) is 5.91 Å². The summed E-state index contributed by atoms with van der Waals surface area (Å²) in [6, 6.07) is 12.2. The van der Waals surface area contributed by atoms with Crippen molar-refractivity contribution >= 4 is 40.9 Å². The van der Waals surface area contributed by atoms with E-state index in [1.54, 1.807) is 42.5 Å². The summed E-state index contributed by atoms with van der Waals surface area (Å²) in [5.74, 6) is -0.668. The van der Waals surface area contributed by atoms with Crippen molar-refractivity contribution < 1.29 is 19.1 Å². The van der Waals surface area contributed by atoms with E-state index >= 15 is 0 Å². The van der Waals surface area contributed by atoms with Crippen molar-refractivity contribution in [3.05, 3.63) is 64.7 Å². The van der Waals surface area contributed by atoms with Crippen LogP contribution >= 0.6 is 11.6 Å². The minimum atomic E-state index is -0.398. The van der Waals surface area contributed by atoms with Crippen molar-refractivity contribution in [1.82, 2.24) is 0 Å². The van der Waals surface area contributed by atoms with Crippen LogP contribution in [0.1, 0.15) is 15.9 Å². The van der Waals surface area contributed by atoms with Gasteiger partial charge in [-0.05, 0) is 35.9 Å². The van der Waals surface area contributed by atoms with E-state index in [0.29, 0.717) is 29.5 Å². The highest BCUT2D eigenvalue weighted by atomic mass is 35.5. The second kappa shape index (κ2) is 9.39. The van der Waals surface area contributed by atoms with Crippen LogP contribution in [0.2, 0.25) is 5.02 Å². The van der Waals surface area contributed by atoms with E-state index in [0.717, 1.165) is 24.3 Å². The molecule has 28 heavy (non-hydrogen) atoms. The molecule has 2 aromatic carbocycles.